The third-order valence-corrected chi connectivity index (χ3v) is 1.34. The summed E-state index contributed by atoms with van der Waals surface area (Å²) in [5.74, 6) is -0.138. The summed E-state index contributed by atoms with van der Waals surface area (Å²) in [4.78, 5) is 12.4. The Morgan fingerprint density at radius 3 is 3.00 bits per heavy atom. The number of nitrogens with two attached hydrogens (primary N) is 1. The molecule has 52 valence electrons. The van der Waals surface area contributed by atoms with Crippen molar-refractivity contribution in [3.63, 3.8) is 0 Å². The van der Waals surface area contributed by atoms with Gasteiger partial charge in [-0.05, 0) is 0 Å². The fourth-order valence-electron chi connectivity index (χ4n) is 0.715. The average molecular weight is 130 g/mol. The molecule has 1 heterocycles. The molecule has 0 spiro atoms. The zero-order valence-electron chi connectivity index (χ0n) is 5.33. The van der Waals surface area contributed by atoms with Crippen LogP contribution in [0.3, 0.4) is 0 Å². The number of carbonyl (C=O) groups is 1. The number of carbonyl (C=O) groups excluding carboxylic acids is 1. The van der Waals surface area contributed by atoms with E-state index in [1.807, 2.05) is 0 Å². The van der Waals surface area contributed by atoms with E-state index in [1.54, 1.807) is 11.9 Å². The second-order valence-corrected chi connectivity index (χ2v) is 2.05. The third-order valence-electron chi connectivity index (χ3n) is 1.34. The lowest BCUT2D eigenvalue weighted by Crippen LogP contribution is -2.49. The van der Waals surface area contributed by atoms with Crippen LogP contribution in [0.15, 0.2) is 0 Å². The van der Waals surface area contributed by atoms with Crippen LogP contribution in [0, 0.1) is 0 Å². The van der Waals surface area contributed by atoms with Crippen molar-refractivity contribution < 1.29 is 9.53 Å². The Labute approximate surface area is 53.6 Å². The predicted molar refractivity (Wildman–Crippen MR) is 31.6 cm³/mol. The molecule has 0 saturated carbocycles. The van der Waals surface area contributed by atoms with Crippen molar-refractivity contribution in [1.29, 1.82) is 0 Å². The zero-order valence-corrected chi connectivity index (χ0v) is 5.33. The summed E-state index contributed by atoms with van der Waals surface area (Å²) in [6.07, 6.45) is -0.733. The van der Waals surface area contributed by atoms with Crippen LogP contribution >= 0.6 is 0 Å². The molecule has 4 nitrogen and oxygen atoms in total. The summed E-state index contributed by atoms with van der Waals surface area (Å²) in [7, 11) is 1.71. The molecule has 0 radical (unpaired) electrons. The summed E-state index contributed by atoms with van der Waals surface area (Å²) < 4.78 is 4.85. The van der Waals surface area contributed by atoms with Crippen molar-refractivity contribution in [1.82, 2.24) is 4.90 Å². The van der Waals surface area contributed by atoms with Gasteiger partial charge in [0.05, 0.1) is 6.61 Å². The summed E-state index contributed by atoms with van der Waals surface area (Å²) >= 11 is 0. The highest BCUT2D eigenvalue weighted by Crippen LogP contribution is 1.98. The van der Waals surface area contributed by atoms with Crippen LogP contribution in [0.5, 0.6) is 0 Å². The van der Waals surface area contributed by atoms with Crippen LogP contribution in [0.1, 0.15) is 0 Å². The maximum absolute atomic E-state index is 10.8. The maximum Gasteiger partial charge on any atom is 0.266 e. The molecule has 1 saturated heterocycles. The molecule has 1 unspecified atom stereocenters. The lowest BCUT2D eigenvalue weighted by atomic mass is 10.4. The molecule has 1 amide bonds. The van der Waals surface area contributed by atoms with E-state index in [0.717, 1.165) is 0 Å². The van der Waals surface area contributed by atoms with Crippen molar-refractivity contribution in [2.45, 2.75) is 6.23 Å². The quantitative estimate of drug-likeness (QED) is 0.446. The predicted octanol–water partition coefficient (Wildman–Crippen LogP) is -1.24. The van der Waals surface area contributed by atoms with Crippen LogP contribution in [-0.4, -0.2) is 37.2 Å². The van der Waals surface area contributed by atoms with Crippen molar-refractivity contribution in [3.8, 4) is 0 Å². The molecule has 0 aromatic carbocycles. The highest BCUT2D eigenvalue weighted by molar-refractivity contribution is 5.80. The lowest BCUT2D eigenvalue weighted by molar-refractivity contribution is -0.150. The van der Waals surface area contributed by atoms with Gasteiger partial charge in [-0.15, -0.1) is 0 Å². The van der Waals surface area contributed by atoms with E-state index in [1.165, 1.54) is 0 Å². The maximum atomic E-state index is 10.8. The molecule has 2 N–H and O–H groups in total. The first kappa shape index (κ1) is 6.51. The number of nitrogens with zero attached hydrogens (tertiary/aromatic N) is 1. The molecule has 0 bridgehead atoms. The number of hydrogen-bond acceptors (Lipinski definition) is 3. The van der Waals surface area contributed by atoms with Crippen LogP contribution in [0.25, 0.3) is 0 Å². The summed E-state index contributed by atoms with van der Waals surface area (Å²) in [6.45, 7) is 1.19. The molecular weight excluding hydrogens is 120 g/mol. The molecule has 1 fully saturated rings. The zero-order chi connectivity index (χ0) is 6.85. The molecule has 1 atom stereocenters. The van der Waals surface area contributed by atoms with E-state index in [0.29, 0.717) is 13.2 Å². The average Bonchev–Trinajstić information content (AvgIpc) is 1.83. The van der Waals surface area contributed by atoms with E-state index < -0.39 is 6.23 Å². The number of morpholine rings is 1. The monoisotopic (exact) mass is 130 g/mol. The molecule has 1 aliphatic rings. The fourth-order valence-corrected chi connectivity index (χ4v) is 0.715. The van der Waals surface area contributed by atoms with E-state index in [4.69, 9.17) is 10.5 Å². The van der Waals surface area contributed by atoms with Gasteiger partial charge in [0.15, 0.2) is 6.23 Å². The summed E-state index contributed by atoms with van der Waals surface area (Å²) in [6, 6.07) is 0. The van der Waals surface area contributed by atoms with Gasteiger partial charge in [0.1, 0.15) is 0 Å². The molecule has 1 aliphatic heterocycles. The number of hydrogen-bond donors (Lipinski definition) is 1. The number of ether oxygens (including phenoxy) is 1. The van der Waals surface area contributed by atoms with Crippen molar-refractivity contribution in [3.05, 3.63) is 0 Å². The van der Waals surface area contributed by atoms with Gasteiger partial charge in [0.25, 0.3) is 5.91 Å². The Kier molecular flexibility index (Phi) is 1.68. The fraction of sp³-hybridized carbons (Fsp3) is 0.800. The molecule has 0 aromatic rings. The molecule has 1 rings (SSSR count). The van der Waals surface area contributed by atoms with Gasteiger partial charge in [0.2, 0.25) is 0 Å². The van der Waals surface area contributed by atoms with E-state index >= 15 is 0 Å². The second-order valence-electron chi connectivity index (χ2n) is 2.05. The first-order valence-electron chi connectivity index (χ1n) is 2.84. The van der Waals surface area contributed by atoms with E-state index in [9.17, 15) is 4.79 Å². The standard InChI is InChI=1S/C5H10N2O2/c1-7-2-3-9-4(6)5(7)8/h4H,2-3,6H2,1H3. The molecular formula is C5H10N2O2. The lowest BCUT2D eigenvalue weighted by Gasteiger charge is -2.26. The minimum atomic E-state index is -0.733. The first-order chi connectivity index (χ1) is 4.22. The van der Waals surface area contributed by atoms with Crippen LogP contribution in [0.4, 0.5) is 0 Å². The Morgan fingerprint density at radius 1 is 1.89 bits per heavy atom. The highest BCUT2D eigenvalue weighted by atomic mass is 16.5. The Hall–Kier alpha value is -0.610. The minimum absolute atomic E-state index is 0.138. The van der Waals surface area contributed by atoms with Gasteiger partial charge >= 0.3 is 0 Å². The van der Waals surface area contributed by atoms with Crippen molar-refractivity contribution in [2.75, 3.05) is 20.2 Å². The van der Waals surface area contributed by atoms with Crippen LogP contribution in [0.2, 0.25) is 0 Å². The third kappa shape index (κ3) is 1.20. The van der Waals surface area contributed by atoms with E-state index in [2.05, 4.69) is 0 Å². The Morgan fingerprint density at radius 2 is 2.56 bits per heavy atom. The molecule has 0 aromatic heterocycles. The van der Waals surface area contributed by atoms with Crippen LogP contribution in [-0.2, 0) is 9.53 Å². The number of likely N-dealkylation sites (N-methyl/N-ethyl adjacent to an activating group) is 1. The SMILES string of the molecule is CN1CCOC(N)C1=O. The molecule has 0 aliphatic carbocycles. The van der Waals surface area contributed by atoms with Gasteiger partial charge in [-0.25, -0.2) is 0 Å². The van der Waals surface area contributed by atoms with E-state index in [-0.39, 0.29) is 5.91 Å². The van der Waals surface area contributed by atoms with Crippen molar-refractivity contribution in [2.24, 2.45) is 5.73 Å². The van der Waals surface area contributed by atoms with Gasteiger partial charge in [-0.1, -0.05) is 0 Å². The topological polar surface area (TPSA) is 55.6 Å². The van der Waals surface area contributed by atoms with Gasteiger partial charge < -0.3 is 9.64 Å². The normalized spacial score (nSPS) is 28.9. The summed E-state index contributed by atoms with van der Waals surface area (Å²) in [5.41, 5.74) is 5.26. The molecule has 4 heteroatoms. The van der Waals surface area contributed by atoms with Gasteiger partial charge in [0, 0.05) is 13.6 Å². The smallest absolute Gasteiger partial charge is 0.266 e. The largest absolute Gasteiger partial charge is 0.352 e. The first-order valence-corrected chi connectivity index (χ1v) is 2.84. The molecule has 9 heavy (non-hydrogen) atoms. The summed E-state index contributed by atoms with van der Waals surface area (Å²) in [5, 5.41) is 0. The Bertz CT molecular complexity index is 114. The Balaban J connectivity index is 2.52. The van der Waals surface area contributed by atoms with Gasteiger partial charge in [-0.2, -0.15) is 0 Å². The number of amides is 1. The van der Waals surface area contributed by atoms with Crippen LogP contribution < -0.4 is 5.73 Å². The highest BCUT2D eigenvalue weighted by Gasteiger charge is 2.22. The second kappa shape index (κ2) is 2.33. The minimum Gasteiger partial charge on any atom is -0.352 e. The van der Waals surface area contributed by atoms with Gasteiger partial charge in [-0.3, -0.25) is 10.5 Å². The number of rotatable bonds is 0. The van der Waals surface area contributed by atoms with Crippen molar-refractivity contribution >= 4 is 5.91 Å².